The van der Waals surface area contributed by atoms with Gasteiger partial charge >= 0.3 is 5.97 Å². The van der Waals surface area contributed by atoms with Crippen molar-refractivity contribution < 1.29 is 23.8 Å². The average Bonchev–Trinajstić information content (AvgIpc) is 2.36. The van der Waals surface area contributed by atoms with Gasteiger partial charge in [-0.3, -0.25) is 4.79 Å². The molecule has 0 spiro atoms. The molecule has 0 aliphatic heterocycles. The van der Waals surface area contributed by atoms with E-state index >= 15 is 0 Å². The zero-order valence-corrected chi connectivity index (χ0v) is 10.4. The van der Waals surface area contributed by atoms with E-state index in [1.54, 1.807) is 6.92 Å². The highest BCUT2D eigenvalue weighted by Gasteiger charge is 2.07. The monoisotopic (exact) mass is 267 g/mol. The standard InChI is InChI=1S/C13H14FNO4/c1-2-19-8-12(16)15-11-5-3-9(7-10(11)14)4-6-13(17)18/h3-7H,2,8H2,1H3,(H,15,16)(H,17,18)/b6-4+. The molecule has 0 aliphatic carbocycles. The van der Waals surface area contributed by atoms with E-state index in [-0.39, 0.29) is 12.3 Å². The molecule has 2 N–H and O–H groups in total. The predicted octanol–water partition coefficient (Wildman–Crippen LogP) is 1.90. The minimum atomic E-state index is -1.12. The number of ether oxygens (including phenoxy) is 1. The summed E-state index contributed by atoms with van der Waals surface area (Å²) in [6, 6.07) is 4.00. The first-order chi connectivity index (χ1) is 9.02. The third kappa shape index (κ3) is 5.31. The normalized spacial score (nSPS) is 10.6. The van der Waals surface area contributed by atoms with Gasteiger partial charge in [0.1, 0.15) is 12.4 Å². The van der Waals surface area contributed by atoms with Crippen molar-refractivity contribution >= 4 is 23.6 Å². The second kappa shape index (κ2) is 7.27. The molecule has 0 unspecified atom stereocenters. The molecule has 6 heteroatoms. The zero-order valence-electron chi connectivity index (χ0n) is 10.4. The van der Waals surface area contributed by atoms with Crippen LogP contribution >= 0.6 is 0 Å². The van der Waals surface area contributed by atoms with Crippen molar-refractivity contribution in [1.82, 2.24) is 0 Å². The molecule has 102 valence electrons. The summed E-state index contributed by atoms with van der Waals surface area (Å²) in [6.45, 7) is 2.00. The number of aliphatic carboxylic acids is 1. The number of nitrogens with one attached hydrogen (secondary N) is 1. The second-order valence-electron chi connectivity index (χ2n) is 3.60. The molecule has 0 heterocycles. The van der Waals surface area contributed by atoms with Crippen LogP contribution in [0.2, 0.25) is 0 Å². The summed E-state index contributed by atoms with van der Waals surface area (Å²) in [6.07, 6.45) is 2.17. The fourth-order valence-corrected chi connectivity index (χ4v) is 1.28. The Labute approximate surface area is 109 Å². The van der Waals surface area contributed by atoms with Crippen LogP contribution in [0.4, 0.5) is 10.1 Å². The van der Waals surface area contributed by atoms with Gasteiger partial charge in [0.15, 0.2) is 0 Å². The molecular formula is C13H14FNO4. The van der Waals surface area contributed by atoms with Crippen LogP contribution in [0.3, 0.4) is 0 Å². The van der Waals surface area contributed by atoms with Crippen LogP contribution < -0.4 is 5.32 Å². The molecule has 19 heavy (non-hydrogen) atoms. The SMILES string of the molecule is CCOCC(=O)Nc1ccc(/C=C/C(=O)O)cc1F. The smallest absolute Gasteiger partial charge is 0.328 e. The number of benzene rings is 1. The van der Waals surface area contributed by atoms with E-state index in [1.165, 1.54) is 18.2 Å². The van der Waals surface area contributed by atoms with Crippen molar-refractivity contribution in [3.8, 4) is 0 Å². The Morgan fingerprint density at radius 3 is 2.79 bits per heavy atom. The lowest BCUT2D eigenvalue weighted by atomic mass is 10.2. The van der Waals surface area contributed by atoms with E-state index in [1.807, 2.05) is 0 Å². The molecule has 0 aliphatic rings. The van der Waals surface area contributed by atoms with Crippen LogP contribution in [0.15, 0.2) is 24.3 Å². The number of carbonyl (C=O) groups is 2. The van der Waals surface area contributed by atoms with Gasteiger partial charge in [-0.2, -0.15) is 0 Å². The van der Waals surface area contributed by atoms with Gasteiger partial charge in [-0.25, -0.2) is 9.18 Å². The van der Waals surface area contributed by atoms with Gasteiger partial charge < -0.3 is 15.2 Å². The number of hydrogen-bond donors (Lipinski definition) is 2. The summed E-state index contributed by atoms with van der Waals surface area (Å²) in [5.74, 6) is -2.21. The lowest BCUT2D eigenvalue weighted by Gasteiger charge is -2.07. The summed E-state index contributed by atoms with van der Waals surface area (Å²) in [7, 11) is 0. The Hall–Kier alpha value is -2.21. The maximum atomic E-state index is 13.6. The van der Waals surface area contributed by atoms with E-state index in [9.17, 15) is 14.0 Å². The number of amides is 1. The molecule has 0 saturated heterocycles. The molecule has 1 amide bonds. The molecule has 0 aromatic heterocycles. The van der Waals surface area contributed by atoms with Crippen molar-refractivity contribution in [3.63, 3.8) is 0 Å². The van der Waals surface area contributed by atoms with E-state index in [0.717, 1.165) is 12.1 Å². The summed E-state index contributed by atoms with van der Waals surface area (Å²) >= 11 is 0. The third-order valence-corrected chi connectivity index (χ3v) is 2.12. The number of rotatable bonds is 6. The van der Waals surface area contributed by atoms with E-state index in [4.69, 9.17) is 9.84 Å². The molecule has 0 saturated carbocycles. The Kier molecular flexibility index (Phi) is 5.69. The van der Waals surface area contributed by atoms with Crippen LogP contribution in [0.1, 0.15) is 12.5 Å². The number of anilines is 1. The van der Waals surface area contributed by atoms with Gasteiger partial charge in [-0.1, -0.05) is 6.07 Å². The minimum Gasteiger partial charge on any atom is -0.478 e. The topological polar surface area (TPSA) is 75.6 Å². The number of halogens is 1. The minimum absolute atomic E-state index is 0.0252. The molecule has 0 radical (unpaired) electrons. The predicted molar refractivity (Wildman–Crippen MR) is 68.2 cm³/mol. The molecule has 1 aromatic rings. The number of carboxylic acids is 1. The Bertz CT molecular complexity index is 499. The van der Waals surface area contributed by atoms with Gasteiger partial charge in [0.25, 0.3) is 0 Å². The third-order valence-electron chi connectivity index (χ3n) is 2.12. The molecule has 5 nitrogen and oxygen atoms in total. The summed E-state index contributed by atoms with van der Waals surface area (Å²) in [4.78, 5) is 21.6. The zero-order chi connectivity index (χ0) is 14.3. The van der Waals surface area contributed by atoms with Crippen molar-refractivity contribution in [3.05, 3.63) is 35.7 Å². The highest BCUT2D eigenvalue weighted by molar-refractivity contribution is 5.92. The Balaban J connectivity index is 2.72. The van der Waals surface area contributed by atoms with Crippen LogP contribution in [0.25, 0.3) is 6.08 Å². The maximum Gasteiger partial charge on any atom is 0.328 e. The van der Waals surface area contributed by atoms with Crippen molar-refractivity contribution in [1.29, 1.82) is 0 Å². The largest absolute Gasteiger partial charge is 0.478 e. The van der Waals surface area contributed by atoms with Gasteiger partial charge in [0.2, 0.25) is 5.91 Å². The van der Waals surface area contributed by atoms with Crippen LogP contribution in [0.5, 0.6) is 0 Å². The fourth-order valence-electron chi connectivity index (χ4n) is 1.28. The first-order valence-electron chi connectivity index (χ1n) is 5.61. The average molecular weight is 267 g/mol. The van der Waals surface area contributed by atoms with Gasteiger partial charge in [0, 0.05) is 12.7 Å². The summed E-state index contributed by atoms with van der Waals surface area (Å²) < 4.78 is 18.5. The Morgan fingerprint density at radius 2 is 2.21 bits per heavy atom. The first-order valence-corrected chi connectivity index (χ1v) is 5.61. The lowest BCUT2D eigenvalue weighted by Crippen LogP contribution is -2.18. The van der Waals surface area contributed by atoms with Gasteiger partial charge in [-0.15, -0.1) is 0 Å². The number of hydrogen-bond acceptors (Lipinski definition) is 3. The molecular weight excluding hydrogens is 253 g/mol. The first kappa shape index (κ1) is 14.8. The van der Waals surface area contributed by atoms with Crippen LogP contribution in [0, 0.1) is 5.82 Å². The molecule has 1 aromatic carbocycles. The van der Waals surface area contributed by atoms with Crippen LogP contribution in [-0.2, 0) is 14.3 Å². The Morgan fingerprint density at radius 1 is 1.47 bits per heavy atom. The van der Waals surface area contributed by atoms with Gasteiger partial charge in [0.05, 0.1) is 5.69 Å². The van der Waals surface area contributed by atoms with Crippen molar-refractivity contribution in [2.24, 2.45) is 0 Å². The number of carbonyl (C=O) groups excluding carboxylic acids is 1. The van der Waals surface area contributed by atoms with Crippen molar-refractivity contribution in [2.75, 3.05) is 18.5 Å². The fraction of sp³-hybridized carbons (Fsp3) is 0.231. The number of carboxylic acid groups (broad SMARTS) is 1. The molecule has 0 bridgehead atoms. The summed E-state index contributed by atoms with van der Waals surface area (Å²) in [5, 5.41) is 10.8. The van der Waals surface area contributed by atoms with E-state index < -0.39 is 17.7 Å². The molecule has 1 rings (SSSR count). The second-order valence-corrected chi connectivity index (χ2v) is 3.60. The molecule has 0 atom stereocenters. The molecule has 0 fully saturated rings. The lowest BCUT2D eigenvalue weighted by molar-refractivity contribution is -0.131. The van der Waals surface area contributed by atoms with E-state index in [2.05, 4.69) is 5.32 Å². The van der Waals surface area contributed by atoms with E-state index in [0.29, 0.717) is 12.2 Å². The quantitative estimate of drug-likeness (QED) is 0.772. The highest BCUT2D eigenvalue weighted by Crippen LogP contribution is 2.16. The maximum absolute atomic E-state index is 13.6. The van der Waals surface area contributed by atoms with Gasteiger partial charge in [-0.05, 0) is 30.7 Å². The van der Waals surface area contributed by atoms with Crippen molar-refractivity contribution in [2.45, 2.75) is 6.92 Å². The highest BCUT2D eigenvalue weighted by atomic mass is 19.1. The van der Waals surface area contributed by atoms with Crippen LogP contribution in [-0.4, -0.2) is 30.2 Å². The summed E-state index contributed by atoms with van der Waals surface area (Å²) in [5.41, 5.74) is 0.417.